The highest BCUT2D eigenvalue weighted by Crippen LogP contribution is 2.34. The first kappa shape index (κ1) is 25.5. The van der Waals surface area contributed by atoms with Crippen LogP contribution < -0.4 is 4.90 Å². The predicted octanol–water partition coefficient (Wildman–Crippen LogP) is 3.77. The van der Waals surface area contributed by atoms with Crippen molar-refractivity contribution >= 4 is 17.0 Å². The van der Waals surface area contributed by atoms with E-state index in [1.165, 1.54) is 12.1 Å². The lowest BCUT2D eigenvalue weighted by atomic mass is 9.89. The average molecular weight is 553 g/mol. The Labute approximate surface area is 235 Å². The van der Waals surface area contributed by atoms with Gasteiger partial charge in [-0.05, 0) is 55.5 Å². The number of anilines is 1. The first-order chi connectivity index (χ1) is 19.9. The zero-order chi connectivity index (χ0) is 28.1. The molecule has 0 saturated heterocycles. The molecule has 41 heavy (non-hydrogen) atoms. The summed E-state index contributed by atoms with van der Waals surface area (Å²) in [4.78, 5) is 15.7. The highest BCUT2D eigenvalue weighted by atomic mass is 19.1. The van der Waals surface area contributed by atoms with Crippen molar-refractivity contribution in [3.63, 3.8) is 0 Å². The Morgan fingerprint density at radius 3 is 2.44 bits per heavy atom. The number of nitrogens with zero attached hydrogens (tertiary/aromatic N) is 8. The molecule has 11 heteroatoms. The van der Waals surface area contributed by atoms with Gasteiger partial charge >= 0.3 is 0 Å². The quantitative estimate of drug-likeness (QED) is 0.327. The molecule has 2 N–H and O–H groups in total. The minimum absolute atomic E-state index is 0.0506. The summed E-state index contributed by atoms with van der Waals surface area (Å²) in [6.45, 7) is 2.97. The second-order valence-corrected chi connectivity index (χ2v) is 10.9. The van der Waals surface area contributed by atoms with Crippen LogP contribution in [0.4, 0.5) is 10.3 Å². The lowest BCUT2D eigenvalue weighted by Crippen LogP contribution is -2.33. The van der Waals surface area contributed by atoms with E-state index in [1.54, 1.807) is 37.8 Å². The summed E-state index contributed by atoms with van der Waals surface area (Å²) >= 11 is 0. The van der Waals surface area contributed by atoms with Crippen LogP contribution in [0.2, 0.25) is 0 Å². The van der Waals surface area contributed by atoms with Crippen molar-refractivity contribution in [3.8, 4) is 11.1 Å². The molecule has 4 aromatic heterocycles. The Hall–Kier alpha value is -4.48. The maximum absolute atomic E-state index is 13.3. The molecule has 1 fully saturated rings. The zero-order valence-corrected chi connectivity index (χ0v) is 22.5. The SMILES string of the molecule is C[C@](O)(c1ccc(F)cc1)c1cnc(N2CC=C(c3ncnn4cc(-c5cnn([C@@H]6CC[C@H]6O)c5)cc34)CC2)nc1. The third-order valence-corrected chi connectivity index (χ3v) is 8.29. The molecule has 7 rings (SSSR count). The topological polar surface area (TPSA) is 117 Å². The van der Waals surface area contributed by atoms with Gasteiger partial charge < -0.3 is 15.1 Å². The summed E-state index contributed by atoms with van der Waals surface area (Å²) in [6, 6.07) is 7.90. The number of fused-ring (bicyclic) bond motifs is 1. The third-order valence-electron chi connectivity index (χ3n) is 8.29. The number of rotatable bonds is 6. The lowest BCUT2D eigenvalue weighted by molar-refractivity contribution is 0.0254. The van der Waals surface area contributed by atoms with Gasteiger partial charge in [0.2, 0.25) is 5.95 Å². The summed E-state index contributed by atoms with van der Waals surface area (Å²) in [5, 5.41) is 30.0. The van der Waals surface area contributed by atoms with E-state index in [9.17, 15) is 14.6 Å². The van der Waals surface area contributed by atoms with Gasteiger partial charge in [0.1, 0.15) is 17.7 Å². The van der Waals surface area contributed by atoms with Crippen molar-refractivity contribution in [2.24, 2.45) is 0 Å². The highest BCUT2D eigenvalue weighted by Gasteiger charge is 2.31. The van der Waals surface area contributed by atoms with Gasteiger partial charge in [-0.15, -0.1) is 0 Å². The van der Waals surface area contributed by atoms with Crippen molar-refractivity contribution in [1.29, 1.82) is 0 Å². The summed E-state index contributed by atoms with van der Waals surface area (Å²) in [5.41, 5.74) is 4.66. The van der Waals surface area contributed by atoms with Gasteiger partial charge in [0.05, 0.1) is 29.6 Å². The molecule has 1 aromatic carbocycles. The van der Waals surface area contributed by atoms with Crippen molar-refractivity contribution < 1.29 is 14.6 Å². The number of hydrogen-bond donors (Lipinski definition) is 2. The molecule has 0 radical (unpaired) electrons. The summed E-state index contributed by atoms with van der Waals surface area (Å²) in [7, 11) is 0. The average Bonchev–Trinajstić information content (AvgIpc) is 3.64. The molecule has 3 atom stereocenters. The molecule has 2 aliphatic rings. The molecule has 0 spiro atoms. The first-order valence-electron chi connectivity index (χ1n) is 13.7. The molecule has 208 valence electrons. The monoisotopic (exact) mass is 552 g/mol. The van der Waals surface area contributed by atoms with E-state index in [1.807, 2.05) is 27.8 Å². The number of aromatic nitrogens is 7. The van der Waals surface area contributed by atoms with E-state index in [-0.39, 0.29) is 18.0 Å². The maximum Gasteiger partial charge on any atom is 0.225 e. The molecular weight excluding hydrogens is 523 g/mol. The van der Waals surface area contributed by atoms with Gasteiger partial charge in [-0.1, -0.05) is 18.2 Å². The Morgan fingerprint density at radius 2 is 1.76 bits per heavy atom. The third kappa shape index (κ3) is 4.56. The first-order valence-corrected chi connectivity index (χ1v) is 13.7. The van der Waals surface area contributed by atoms with E-state index in [2.05, 4.69) is 42.2 Å². The molecule has 1 saturated carbocycles. The van der Waals surface area contributed by atoms with Crippen LogP contribution >= 0.6 is 0 Å². The van der Waals surface area contributed by atoms with E-state index in [0.29, 0.717) is 30.2 Å². The number of aliphatic hydroxyl groups is 2. The van der Waals surface area contributed by atoms with Crippen LogP contribution in [-0.4, -0.2) is 63.8 Å². The van der Waals surface area contributed by atoms with Crippen LogP contribution in [0, 0.1) is 5.82 Å². The molecule has 5 heterocycles. The second kappa shape index (κ2) is 9.86. The molecular formula is C30H29FN8O2. The smallest absolute Gasteiger partial charge is 0.225 e. The van der Waals surface area contributed by atoms with Crippen LogP contribution in [0.3, 0.4) is 0 Å². The van der Waals surface area contributed by atoms with Crippen molar-refractivity contribution in [2.45, 2.75) is 43.9 Å². The van der Waals surface area contributed by atoms with Crippen LogP contribution in [0.1, 0.15) is 49.0 Å². The predicted molar refractivity (Wildman–Crippen MR) is 150 cm³/mol. The van der Waals surface area contributed by atoms with E-state index < -0.39 is 5.60 Å². The number of hydrogen-bond acceptors (Lipinski definition) is 8. The van der Waals surface area contributed by atoms with Crippen molar-refractivity contribution in [3.05, 3.63) is 96.4 Å². The van der Waals surface area contributed by atoms with Gasteiger partial charge in [0.15, 0.2) is 0 Å². The van der Waals surface area contributed by atoms with Crippen LogP contribution in [0.15, 0.2) is 73.7 Å². The number of halogens is 1. The zero-order valence-electron chi connectivity index (χ0n) is 22.5. The van der Waals surface area contributed by atoms with Gasteiger partial charge in [0, 0.05) is 54.6 Å². The molecule has 0 unspecified atom stereocenters. The van der Waals surface area contributed by atoms with Crippen molar-refractivity contribution in [1.82, 2.24) is 34.3 Å². The van der Waals surface area contributed by atoms with Crippen LogP contribution in [-0.2, 0) is 5.60 Å². The van der Waals surface area contributed by atoms with Crippen LogP contribution in [0.5, 0.6) is 0 Å². The molecule has 0 bridgehead atoms. The summed E-state index contributed by atoms with van der Waals surface area (Å²) in [5.74, 6) is 0.219. The fourth-order valence-electron chi connectivity index (χ4n) is 5.52. The number of aliphatic hydroxyl groups excluding tert-OH is 1. The van der Waals surface area contributed by atoms with Gasteiger partial charge in [-0.3, -0.25) is 4.68 Å². The van der Waals surface area contributed by atoms with E-state index in [4.69, 9.17) is 0 Å². The molecule has 1 aliphatic carbocycles. The highest BCUT2D eigenvalue weighted by molar-refractivity contribution is 5.80. The maximum atomic E-state index is 13.3. The Kier molecular flexibility index (Phi) is 6.13. The largest absolute Gasteiger partial charge is 0.391 e. The van der Waals surface area contributed by atoms with Crippen molar-refractivity contribution in [2.75, 3.05) is 18.0 Å². The normalized spacial score (nSPS) is 20.5. The van der Waals surface area contributed by atoms with E-state index >= 15 is 0 Å². The minimum Gasteiger partial charge on any atom is -0.391 e. The summed E-state index contributed by atoms with van der Waals surface area (Å²) in [6.07, 6.45) is 14.9. The second-order valence-electron chi connectivity index (χ2n) is 10.9. The molecule has 1 aliphatic heterocycles. The fraction of sp³-hybridized carbons (Fsp3) is 0.300. The molecule has 0 amide bonds. The Morgan fingerprint density at radius 1 is 0.951 bits per heavy atom. The van der Waals surface area contributed by atoms with Gasteiger partial charge in [-0.2, -0.15) is 10.2 Å². The lowest BCUT2D eigenvalue weighted by Gasteiger charge is -2.32. The number of benzene rings is 1. The van der Waals surface area contributed by atoms with Gasteiger partial charge in [-0.25, -0.2) is 23.9 Å². The van der Waals surface area contributed by atoms with E-state index in [0.717, 1.165) is 47.2 Å². The molecule has 10 nitrogen and oxygen atoms in total. The summed E-state index contributed by atoms with van der Waals surface area (Å²) < 4.78 is 17.0. The minimum atomic E-state index is -1.34. The van der Waals surface area contributed by atoms with Crippen LogP contribution in [0.25, 0.3) is 22.2 Å². The Bertz CT molecular complexity index is 1740. The Balaban J connectivity index is 1.09. The standard InChI is InChI=1S/C30H29FN8O2/c1-30(41,22-2-4-24(31)5-3-22)23-14-32-29(33-15-23)37-10-8-19(9-11-37)28-26-12-20(16-39(26)36-18-34-28)21-13-35-38(17-21)25-6-7-27(25)40/h2-5,8,12-18,25,27,40-41H,6-7,9-11H2,1H3/t25-,27-,30+/m1/s1. The fourth-order valence-corrected chi connectivity index (χ4v) is 5.52. The molecule has 5 aromatic rings. The van der Waals surface area contributed by atoms with Gasteiger partial charge in [0.25, 0.3) is 0 Å².